The summed E-state index contributed by atoms with van der Waals surface area (Å²) in [5.41, 5.74) is -1.06. The summed E-state index contributed by atoms with van der Waals surface area (Å²) in [6.07, 6.45) is -1.42. The van der Waals surface area contributed by atoms with E-state index in [0.717, 1.165) is 31.4 Å². The van der Waals surface area contributed by atoms with E-state index in [9.17, 15) is 32.7 Å². The van der Waals surface area contributed by atoms with Crippen LogP contribution in [0.3, 0.4) is 0 Å². The van der Waals surface area contributed by atoms with E-state index < -0.39 is 28.9 Å². The maximum absolute atomic E-state index is 13.1. The van der Waals surface area contributed by atoms with Crippen molar-refractivity contribution in [1.29, 1.82) is 0 Å². The van der Waals surface area contributed by atoms with Crippen LogP contribution in [0.15, 0.2) is 18.2 Å². The number of rotatable bonds is 5. The standard InChI is InChI=1S/C24H30ClF3N4O4/c25-18-4-3-16(14-17(18)24(26,27)28)29-22(36)31-10-5-21(35)30(12-13-31)9-1-2-20(34)32-11-8-23(6-7-23)19(33)15-32/h3-4,14,19,33H,1-2,5-13,15H2,(H,29,36)/t19-/m1/s1. The van der Waals surface area contributed by atoms with E-state index in [1.54, 1.807) is 9.80 Å². The highest BCUT2D eigenvalue weighted by Crippen LogP contribution is 2.53. The fraction of sp³-hybridized carbons (Fsp3) is 0.625. The van der Waals surface area contributed by atoms with Gasteiger partial charge in [0.1, 0.15) is 0 Å². The van der Waals surface area contributed by atoms with Gasteiger partial charge in [-0.1, -0.05) is 11.6 Å². The third-order valence-electron chi connectivity index (χ3n) is 7.44. The van der Waals surface area contributed by atoms with Gasteiger partial charge in [-0.05, 0) is 49.3 Å². The number of amides is 4. The van der Waals surface area contributed by atoms with E-state index in [2.05, 4.69) is 5.32 Å². The number of nitrogens with zero attached hydrogens (tertiary/aromatic N) is 3. The molecule has 198 valence electrons. The highest BCUT2D eigenvalue weighted by Gasteiger charge is 2.51. The van der Waals surface area contributed by atoms with Gasteiger partial charge in [-0.2, -0.15) is 13.2 Å². The smallest absolute Gasteiger partial charge is 0.391 e. The quantitative estimate of drug-likeness (QED) is 0.608. The zero-order chi connectivity index (χ0) is 26.1. The van der Waals surface area contributed by atoms with Gasteiger partial charge in [-0.15, -0.1) is 0 Å². The van der Waals surface area contributed by atoms with Crippen molar-refractivity contribution in [1.82, 2.24) is 14.7 Å². The number of anilines is 1. The lowest BCUT2D eigenvalue weighted by atomic mass is 9.90. The van der Waals surface area contributed by atoms with E-state index in [4.69, 9.17) is 11.6 Å². The molecular formula is C24H30ClF3N4O4. The Kier molecular flexibility index (Phi) is 7.70. The molecule has 0 unspecified atom stereocenters. The summed E-state index contributed by atoms with van der Waals surface area (Å²) < 4.78 is 39.2. The average molecular weight is 531 g/mol. The average Bonchev–Trinajstić information content (AvgIpc) is 3.62. The summed E-state index contributed by atoms with van der Waals surface area (Å²) in [6, 6.07) is 2.53. The van der Waals surface area contributed by atoms with Crippen LogP contribution in [0.5, 0.6) is 0 Å². The second-order valence-electron chi connectivity index (χ2n) is 9.81. The highest BCUT2D eigenvalue weighted by molar-refractivity contribution is 6.31. The predicted molar refractivity (Wildman–Crippen MR) is 126 cm³/mol. The lowest BCUT2D eigenvalue weighted by molar-refractivity contribution is -0.137. The van der Waals surface area contributed by atoms with Gasteiger partial charge < -0.3 is 25.1 Å². The number of carbonyl (C=O) groups excluding carboxylic acids is 3. The van der Waals surface area contributed by atoms with Crippen LogP contribution in [0.25, 0.3) is 0 Å². The molecule has 3 fully saturated rings. The molecular weight excluding hydrogens is 501 g/mol. The second kappa shape index (κ2) is 10.5. The molecule has 4 rings (SSSR count). The largest absolute Gasteiger partial charge is 0.417 e. The summed E-state index contributed by atoms with van der Waals surface area (Å²) in [6.45, 7) is 2.00. The van der Waals surface area contributed by atoms with Gasteiger partial charge in [0.2, 0.25) is 11.8 Å². The molecule has 1 aromatic carbocycles. The molecule has 0 bridgehead atoms. The maximum atomic E-state index is 13.1. The number of hydrogen-bond donors (Lipinski definition) is 2. The van der Waals surface area contributed by atoms with Gasteiger partial charge in [0.15, 0.2) is 0 Å². The summed E-state index contributed by atoms with van der Waals surface area (Å²) >= 11 is 5.62. The number of benzene rings is 1. The van der Waals surface area contributed by atoms with Gasteiger partial charge in [0, 0.05) is 57.8 Å². The summed E-state index contributed by atoms with van der Waals surface area (Å²) in [5.74, 6) is -0.179. The fourth-order valence-corrected chi connectivity index (χ4v) is 5.12. The van der Waals surface area contributed by atoms with Gasteiger partial charge in [0.25, 0.3) is 0 Å². The van der Waals surface area contributed by atoms with Crippen LogP contribution in [-0.4, -0.2) is 83.0 Å². The molecule has 1 saturated carbocycles. The number of alkyl halides is 3. The number of urea groups is 1. The fourth-order valence-electron chi connectivity index (χ4n) is 4.90. The molecule has 4 amide bonds. The van der Waals surface area contributed by atoms with Gasteiger partial charge in [-0.3, -0.25) is 9.59 Å². The third-order valence-corrected chi connectivity index (χ3v) is 7.77. The summed E-state index contributed by atoms with van der Waals surface area (Å²) in [5, 5.41) is 12.3. The summed E-state index contributed by atoms with van der Waals surface area (Å²) in [7, 11) is 0. The van der Waals surface area contributed by atoms with Crippen molar-refractivity contribution in [2.24, 2.45) is 5.41 Å². The van der Waals surface area contributed by atoms with Crippen molar-refractivity contribution < 1.29 is 32.7 Å². The number of β-amino-alcohol motifs (C(OH)–C–C–N with tert-alkyl or cyclic N) is 1. The van der Waals surface area contributed by atoms with E-state index in [-0.39, 0.29) is 55.4 Å². The van der Waals surface area contributed by atoms with Crippen LogP contribution in [0, 0.1) is 5.41 Å². The highest BCUT2D eigenvalue weighted by atomic mass is 35.5. The van der Waals surface area contributed by atoms with E-state index >= 15 is 0 Å². The van der Waals surface area contributed by atoms with Gasteiger partial charge in [-0.25, -0.2) is 4.79 Å². The number of halogens is 4. The Balaban J connectivity index is 1.24. The first-order valence-corrected chi connectivity index (χ1v) is 12.5. The molecule has 3 aliphatic rings. The van der Waals surface area contributed by atoms with Crippen molar-refractivity contribution >= 4 is 35.1 Å². The minimum atomic E-state index is -4.65. The van der Waals surface area contributed by atoms with Crippen molar-refractivity contribution in [3.8, 4) is 0 Å². The van der Waals surface area contributed by atoms with Crippen molar-refractivity contribution in [2.45, 2.75) is 50.8 Å². The zero-order valence-electron chi connectivity index (χ0n) is 19.8. The molecule has 0 aromatic heterocycles. The molecule has 1 aromatic rings. The number of piperidine rings is 1. The predicted octanol–water partition coefficient (Wildman–Crippen LogP) is 3.58. The van der Waals surface area contributed by atoms with Crippen LogP contribution < -0.4 is 5.32 Å². The molecule has 1 spiro atoms. The van der Waals surface area contributed by atoms with E-state index in [1.165, 1.54) is 11.0 Å². The Hall–Kier alpha value is -2.53. The molecule has 1 aliphatic carbocycles. The number of likely N-dealkylation sites (tertiary alicyclic amines) is 1. The van der Waals surface area contributed by atoms with Crippen LogP contribution >= 0.6 is 11.6 Å². The Morgan fingerprint density at radius 3 is 2.53 bits per heavy atom. The Morgan fingerprint density at radius 2 is 1.86 bits per heavy atom. The van der Waals surface area contributed by atoms with Crippen LogP contribution in [-0.2, 0) is 15.8 Å². The monoisotopic (exact) mass is 530 g/mol. The summed E-state index contributed by atoms with van der Waals surface area (Å²) in [4.78, 5) is 42.4. The SMILES string of the molecule is O=C1CCN(C(=O)Nc2ccc(Cl)c(C(F)(F)F)c2)CCN1CCCC(=O)N1CCC2(CC2)[C@H](O)C1. The minimum Gasteiger partial charge on any atom is -0.391 e. The van der Waals surface area contributed by atoms with Crippen LogP contribution in [0.2, 0.25) is 5.02 Å². The number of aliphatic hydroxyl groups is 1. The number of aliphatic hydroxyl groups excluding tert-OH is 1. The Bertz CT molecular complexity index is 1020. The first kappa shape index (κ1) is 26.5. The zero-order valence-corrected chi connectivity index (χ0v) is 20.6. The second-order valence-corrected chi connectivity index (χ2v) is 10.2. The first-order chi connectivity index (χ1) is 17.0. The Labute approximate surface area is 212 Å². The molecule has 8 nitrogen and oxygen atoms in total. The molecule has 0 radical (unpaired) electrons. The van der Waals surface area contributed by atoms with Gasteiger partial charge in [0.05, 0.1) is 16.7 Å². The third kappa shape index (κ3) is 6.05. The first-order valence-electron chi connectivity index (χ1n) is 12.1. The number of hydrogen-bond acceptors (Lipinski definition) is 4. The lowest BCUT2D eigenvalue weighted by Crippen LogP contribution is -2.47. The topological polar surface area (TPSA) is 93.2 Å². The molecule has 12 heteroatoms. The molecule has 2 N–H and O–H groups in total. The normalized spacial score (nSPS) is 22.0. The lowest BCUT2D eigenvalue weighted by Gasteiger charge is -2.36. The van der Waals surface area contributed by atoms with Crippen molar-refractivity contribution in [3.05, 3.63) is 28.8 Å². The van der Waals surface area contributed by atoms with Gasteiger partial charge >= 0.3 is 12.2 Å². The van der Waals surface area contributed by atoms with Crippen molar-refractivity contribution in [2.75, 3.05) is 44.6 Å². The minimum absolute atomic E-state index is 0.0294. The molecule has 1 atom stereocenters. The molecule has 2 aliphatic heterocycles. The number of nitrogens with one attached hydrogen (secondary N) is 1. The molecule has 36 heavy (non-hydrogen) atoms. The maximum Gasteiger partial charge on any atom is 0.417 e. The van der Waals surface area contributed by atoms with E-state index in [1.807, 2.05) is 0 Å². The van der Waals surface area contributed by atoms with Crippen molar-refractivity contribution in [3.63, 3.8) is 0 Å². The molecule has 2 saturated heterocycles. The molecule has 2 heterocycles. The van der Waals surface area contributed by atoms with Crippen LogP contribution in [0.1, 0.15) is 44.1 Å². The van der Waals surface area contributed by atoms with Crippen LogP contribution in [0.4, 0.5) is 23.7 Å². The Morgan fingerprint density at radius 1 is 1.11 bits per heavy atom. The number of carbonyl (C=O) groups is 3. The van der Waals surface area contributed by atoms with E-state index in [0.29, 0.717) is 26.1 Å².